The van der Waals surface area contributed by atoms with Crippen molar-refractivity contribution in [3.63, 3.8) is 0 Å². The number of carbonyl (C=O) groups excluding carboxylic acids is 2. The maximum Gasteiger partial charge on any atom is 0.258 e. The summed E-state index contributed by atoms with van der Waals surface area (Å²) in [6.45, 7) is 8.26. The lowest BCUT2D eigenvalue weighted by Gasteiger charge is -2.26. The van der Waals surface area contributed by atoms with Crippen LogP contribution in [-0.4, -0.2) is 38.1 Å². The van der Waals surface area contributed by atoms with Gasteiger partial charge < -0.3 is 20.1 Å². The van der Waals surface area contributed by atoms with Gasteiger partial charge in [0.25, 0.3) is 11.8 Å². The highest BCUT2D eigenvalue weighted by Crippen LogP contribution is 2.29. The Hall–Kier alpha value is -2.54. The van der Waals surface area contributed by atoms with Gasteiger partial charge in [0, 0.05) is 28.0 Å². The minimum atomic E-state index is -0.240. The predicted molar refractivity (Wildman–Crippen MR) is 121 cm³/mol. The minimum absolute atomic E-state index is 0.0373. The number of nitrogens with one attached hydrogen (secondary N) is 2. The summed E-state index contributed by atoms with van der Waals surface area (Å²) < 4.78 is 11.9. The molecule has 7 heteroatoms. The van der Waals surface area contributed by atoms with Gasteiger partial charge in [0.2, 0.25) is 0 Å². The zero-order chi connectivity index (χ0) is 22.3. The number of ether oxygens (including phenoxy) is 2. The number of methoxy groups -OCH3 is 1. The van der Waals surface area contributed by atoms with Crippen molar-refractivity contribution in [3.05, 3.63) is 58.1 Å². The van der Waals surface area contributed by atoms with Gasteiger partial charge in [-0.2, -0.15) is 0 Å². The maximum atomic E-state index is 12.7. The van der Waals surface area contributed by atoms with Gasteiger partial charge in [-0.1, -0.05) is 41.9 Å². The molecular weight excluding hydrogens is 448 g/mol. The average molecular weight is 477 g/mol. The van der Waals surface area contributed by atoms with Crippen molar-refractivity contribution in [2.24, 2.45) is 0 Å². The summed E-state index contributed by atoms with van der Waals surface area (Å²) in [4.78, 5) is 24.5. The molecule has 0 atom stereocenters. The van der Waals surface area contributed by atoms with Crippen molar-refractivity contribution < 1.29 is 19.1 Å². The molecule has 0 heterocycles. The Morgan fingerprint density at radius 2 is 1.83 bits per heavy atom. The van der Waals surface area contributed by atoms with E-state index in [0.717, 1.165) is 10.0 Å². The highest BCUT2D eigenvalue weighted by Gasteiger charge is 2.22. The quantitative estimate of drug-likeness (QED) is 0.571. The molecule has 162 valence electrons. The van der Waals surface area contributed by atoms with E-state index in [4.69, 9.17) is 9.47 Å². The summed E-state index contributed by atoms with van der Waals surface area (Å²) in [5, 5.41) is 5.74. The van der Waals surface area contributed by atoms with Crippen LogP contribution in [0.25, 0.3) is 0 Å². The zero-order valence-electron chi connectivity index (χ0n) is 18.0. The maximum absolute atomic E-state index is 12.7. The topological polar surface area (TPSA) is 76.7 Å². The standard InChI is InChI=1S/C23H29BrN2O4/c1-15(2)26-21(27)13-30-19-10-9-16(11-20(19)29-5)22(28)25-14-23(3,4)17-7-6-8-18(24)12-17/h6-12,15H,13-14H2,1-5H3,(H,25,28)(H,26,27). The van der Waals surface area contributed by atoms with Crippen LogP contribution < -0.4 is 20.1 Å². The van der Waals surface area contributed by atoms with Crippen LogP contribution in [0.3, 0.4) is 0 Å². The zero-order valence-corrected chi connectivity index (χ0v) is 19.6. The van der Waals surface area contributed by atoms with Crippen LogP contribution in [0, 0.1) is 0 Å². The summed E-state index contributed by atoms with van der Waals surface area (Å²) in [7, 11) is 1.49. The van der Waals surface area contributed by atoms with E-state index in [2.05, 4.69) is 46.5 Å². The lowest BCUT2D eigenvalue weighted by molar-refractivity contribution is -0.123. The Kier molecular flexibility index (Phi) is 8.29. The highest BCUT2D eigenvalue weighted by molar-refractivity contribution is 9.10. The molecule has 0 spiro atoms. The molecule has 2 amide bonds. The number of halogens is 1. The lowest BCUT2D eigenvalue weighted by Crippen LogP contribution is -2.36. The van der Waals surface area contributed by atoms with Crippen LogP contribution >= 0.6 is 15.9 Å². The molecule has 2 aromatic rings. The Labute approximate surface area is 186 Å². The molecule has 2 rings (SSSR count). The third-order valence-electron chi connectivity index (χ3n) is 4.53. The van der Waals surface area contributed by atoms with Gasteiger partial charge in [-0.05, 0) is 49.7 Å². The van der Waals surface area contributed by atoms with Gasteiger partial charge in [-0.25, -0.2) is 0 Å². The SMILES string of the molecule is COc1cc(C(=O)NCC(C)(C)c2cccc(Br)c2)ccc1OCC(=O)NC(C)C. The summed E-state index contributed by atoms with van der Waals surface area (Å²) in [6.07, 6.45) is 0. The van der Waals surface area contributed by atoms with Gasteiger partial charge in [0.15, 0.2) is 18.1 Å². The first-order valence-corrected chi connectivity index (χ1v) is 10.6. The predicted octanol–water partition coefficient (Wildman–Crippen LogP) is 4.07. The number of hydrogen-bond acceptors (Lipinski definition) is 4. The van der Waals surface area contributed by atoms with Crippen molar-refractivity contribution in [3.8, 4) is 11.5 Å². The van der Waals surface area contributed by atoms with Crippen molar-refractivity contribution in [2.75, 3.05) is 20.3 Å². The molecule has 2 aromatic carbocycles. The molecular formula is C23H29BrN2O4. The van der Waals surface area contributed by atoms with Crippen LogP contribution in [-0.2, 0) is 10.2 Å². The van der Waals surface area contributed by atoms with E-state index in [0.29, 0.717) is 23.6 Å². The van der Waals surface area contributed by atoms with E-state index in [1.165, 1.54) is 7.11 Å². The fourth-order valence-corrected chi connectivity index (χ4v) is 3.25. The number of carbonyl (C=O) groups is 2. The fourth-order valence-electron chi connectivity index (χ4n) is 2.85. The van der Waals surface area contributed by atoms with E-state index < -0.39 is 0 Å². The van der Waals surface area contributed by atoms with E-state index in [9.17, 15) is 9.59 Å². The van der Waals surface area contributed by atoms with Crippen LogP contribution in [0.15, 0.2) is 46.9 Å². The molecule has 0 unspecified atom stereocenters. The molecule has 0 aliphatic carbocycles. The van der Waals surface area contributed by atoms with Crippen LogP contribution in [0.2, 0.25) is 0 Å². The van der Waals surface area contributed by atoms with Crippen molar-refractivity contribution in [1.29, 1.82) is 0 Å². The number of hydrogen-bond donors (Lipinski definition) is 2. The Morgan fingerprint density at radius 3 is 2.47 bits per heavy atom. The van der Waals surface area contributed by atoms with E-state index in [1.807, 2.05) is 32.0 Å². The molecule has 0 saturated heterocycles. The van der Waals surface area contributed by atoms with Crippen molar-refractivity contribution in [2.45, 2.75) is 39.2 Å². The summed E-state index contributed by atoms with van der Waals surface area (Å²) in [5.41, 5.74) is 1.34. The Balaban J connectivity index is 2.03. The van der Waals surface area contributed by atoms with Crippen molar-refractivity contribution >= 4 is 27.7 Å². The van der Waals surface area contributed by atoms with Gasteiger partial charge >= 0.3 is 0 Å². The first kappa shape index (κ1) is 23.7. The number of amides is 2. The summed E-state index contributed by atoms with van der Waals surface area (Å²) in [5.74, 6) is 0.373. The van der Waals surface area contributed by atoms with Crippen LogP contribution in [0.5, 0.6) is 11.5 Å². The second-order valence-electron chi connectivity index (χ2n) is 7.95. The summed E-state index contributed by atoms with van der Waals surface area (Å²) in [6, 6.07) is 13.0. The highest BCUT2D eigenvalue weighted by atomic mass is 79.9. The molecule has 0 aliphatic rings. The van der Waals surface area contributed by atoms with Gasteiger partial charge in [0.05, 0.1) is 7.11 Å². The normalized spacial score (nSPS) is 11.2. The largest absolute Gasteiger partial charge is 0.493 e. The Morgan fingerprint density at radius 1 is 1.10 bits per heavy atom. The lowest BCUT2D eigenvalue weighted by atomic mass is 9.84. The molecule has 0 bridgehead atoms. The summed E-state index contributed by atoms with van der Waals surface area (Å²) >= 11 is 3.49. The van der Waals surface area contributed by atoms with E-state index >= 15 is 0 Å². The molecule has 0 fully saturated rings. The van der Waals surface area contributed by atoms with E-state index in [1.54, 1.807) is 18.2 Å². The molecule has 30 heavy (non-hydrogen) atoms. The van der Waals surface area contributed by atoms with Gasteiger partial charge in [0.1, 0.15) is 0 Å². The smallest absolute Gasteiger partial charge is 0.258 e. The first-order chi connectivity index (χ1) is 14.1. The molecule has 0 aliphatic heterocycles. The minimum Gasteiger partial charge on any atom is -0.493 e. The Bertz CT molecular complexity index is 897. The molecule has 0 saturated carbocycles. The molecule has 2 N–H and O–H groups in total. The number of rotatable bonds is 9. The molecule has 0 aromatic heterocycles. The second kappa shape index (κ2) is 10.5. The third kappa shape index (κ3) is 6.76. The van der Waals surface area contributed by atoms with Crippen molar-refractivity contribution in [1.82, 2.24) is 10.6 Å². The number of benzene rings is 2. The molecule has 6 nitrogen and oxygen atoms in total. The fraction of sp³-hybridized carbons (Fsp3) is 0.391. The van der Waals surface area contributed by atoms with E-state index in [-0.39, 0.29) is 29.9 Å². The second-order valence-corrected chi connectivity index (χ2v) is 8.87. The van der Waals surface area contributed by atoms with Gasteiger partial charge in [-0.15, -0.1) is 0 Å². The van der Waals surface area contributed by atoms with Gasteiger partial charge in [-0.3, -0.25) is 9.59 Å². The third-order valence-corrected chi connectivity index (χ3v) is 5.02. The average Bonchev–Trinajstić information content (AvgIpc) is 2.70. The molecule has 0 radical (unpaired) electrons. The van der Waals surface area contributed by atoms with Crippen LogP contribution in [0.4, 0.5) is 0 Å². The monoisotopic (exact) mass is 476 g/mol. The van der Waals surface area contributed by atoms with Crippen LogP contribution in [0.1, 0.15) is 43.6 Å². The first-order valence-electron chi connectivity index (χ1n) is 9.77.